The van der Waals surface area contributed by atoms with Gasteiger partial charge in [-0.05, 0) is 58.7 Å². The largest absolute Gasteiger partial charge is 0.396 e. The van der Waals surface area contributed by atoms with Gasteiger partial charge in [-0.2, -0.15) is 10.0 Å². The Labute approximate surface area is 149 Å². The maximum atomic E-state index is 9.00. The van der Waals surface area contributed by atoms with Crippen LogP contribution < -0.4 is 0 Å². The molecular formula is C21H20OS2. The van der Waals surface area contributed by atoms with Gasteiger partial charge in [-0.3, -0.25) is 0 Å². The first-order valence-electron chi connectivity index (χ1n) is 8.06. The smallest absolute Gasteiger partial charge is 0.0525 e. The molecule has 1 nitrogen and oxygen atoms in total. The van der Waals surface area contributed by atoms with Crippen LogP contribution in [0.3, 0.4) is 0 Å². The van der Waals surface area contributed by atoms with Gasteiger partial charge in [0, 0.05) is 20.4 Å². The van der Waals surface area contributed by atoms with Crippen molar-refractivity contribution in [3.63, 3.8) is 0 Å². The molecule has 3 heteroatoms. The Bertz CT molecular complexity index is 826. The highest BCUT2D eigenvalue weighted by molar-refractivity contribution is 8.33. The summed E-state index contributed by atoms with van der Waals surface area (Å²) in [5, 5.41) is 9.00. The lowest BCUT2D eigenvalue weighted by Crippen LogP contribution is -1.97. The maximum absolute atomic E-state index is 9.00. The lowest BCUT2D eigenvalue weighted by Gasteiger charge is -2.34. The number of rotatable bonds is 4. The van der Waals surface area contributed by atoms with E-state index in [1.54, 1.807) is 11.8 Å². The molecule has 122 valence electrons. The van der Waals surface area contributed by atoms with Crippen molar-refractivity contribution in [3.8, 4) is 11.1 Å². The summed E-state index contributed by atoms with van der Waals surface area (Å²) < 4.78 is 0. The summed E-state index contributed by atoms with van der Waals surface area (Å²) in [6, 6.07) is 26.6. The molecule has 0 aliphatic carbocycles. The van der Waals surface area contributed by atoms with E-state index in [0.717, 1.165) is 5.75 Å². The third-order valence-electron chi connectivity index (χ3n) is 4.60. The van der Waals surface area contributed by atoms with Crippen LogP contribution in [0.4, 0.5) is 0 Å². The minimum Gasteiger partial charge on any atom is -0.396 e. The van der Waals surface area contributed by atoms with Crippen molar-refractivity contribution < 1.29 is 5.11 Å². The van der Waals surface area contributed by atoms with E-state index in [1.807, 2.05) is 0 Å². The van der Waals surface area contributed by atoms with Gasteiger partial charge in [-0.1, -0.05) is 36.4 Å². The van der Waals surface area contributed by atoms with Crippen molar-refractivity contribution in [1.29, 1.82) is 0 Å². The number of benzene rings is 3. The van der Waals surface area contributed by atoms with Crippen LogP contribution in [0.2, 0.25) is 0 Å². The minimum absolute atomic E-state index is 0.218. The van der Waals surface area contributed by atoms with Gasteiger partial charge in [0.25, 0.3) is 0 Å². The Morgan fingerprint density at radius 2 is 1.33 bits per heavy atom. The van der Waals surface area contributed by atoms with E-state index in [0.29, 0.717) is 0 Å². The highest BCUT2D eigenvalue weighted by Crippen LogP contribution is 2.73. The van der Waals surface area contributed by atoms with Gasteiger partial charge in [0.05, 0.1) is 6.61 Å². The number of aliphatic hydroxyl groups excluding tert-OH is 1. The van der Waals surface area contributed by atoms with Gasteiger partial charge in [0.15, 0.2) is 0 Å². The van der Waals surface area contributed by atoms with Crippen LogP contribution in [0.5, 0.6) is 0 Å². The topological polar surface area (TPSA) is 20.2 Å². The second-order valence-electron chi connectivity index (χ2n) is 5.95. The molecule has 3 aromatic rings. The highest BCUT2D eigenvalue weighted by Gasteiger charge is 2.36. The predicted octanol–water partition coefficient (Wildman–Crippen LogP) is 5.66. The third-order valence-corrected chi connectivity index (χ3v) is 9.28. The van der Waals surface area contributed by atoms with E-state index in [9.17, 15) is 0 Å². The summed E-state index contributed by atoms with van der Waals surface area (Å²) in [7, 11) is -1.20. The number of aliphatic hydroxyl groups is 1. The van der Waals surface area contributed by atoms with Gasteiger partial charge in [-0.25, -0.2) is 0 Å². The molecule has 0 saturated heterocycles. The van der Waals surface area contributed by atoms with Crippen LogP contribution in [-0.4, -0.2) is 23.7 Å². The van der Waals surface area contributed by atoms with Gasteiger partial charge < -0.3 is 5.11 Å². The van der Waals surface area contributed by atoms with Crippen LogP contribution in [0.15, 0.2) is 92.4 Å². The van der Waals surface area contributed by atoms with Gasteiger partial charge >= 0.3 is 0 Å². The molecule has 0 spiro atoms. The van der Waals surface area contributed by atoms with Crippen molar-refractivity contribution in [1.82, 2.24) is 0 Å². The molecule has 0 amide bonds. The van der Waals surface area contributed by atoms with Crippen molar-refractivity contribution in [3.05, 3.63) is 72.8 Å². The Balaban J connectivity index is 1.84. The fourth-order valence-electron chi connectivity index (χ4n) is 3.43. The average Bonchev–Trinajstić information content (AvgIpc) is 2.91. The van der Waals surface area contributed by atoms with E-state index in [1.165, 1.54) is 30.7 Å². The van der Waals surface area contributed by atoms with Gasteiger partial charge in [-0.15, -0.1) is 11.8 Å². The van der Waals surface area contributed by atoms with E-state index in [4.69, 9.17) is 5.11 Å². The molecule has 3 aromatic carbocycles. The standard InChI is InChI=1S/C21H20OS2/c1-24(17-12-10-16(11-13-17)23-15-14-22)20-8-4-2-6-18(20)19-7-3-5-9-21(19)24/h2-13,22H,14-15H2,1H3. The Hall–Kier alpha value is -1.68. The summed E-state index contributed by atoms with van der Waals surface area (Å²) in [5.74, 6) is 0.745. The molecule has 0 bridgehead atoms. The molecule has 0 atom stereocenters. The average molecular weight is 353 g/mol. The van der Waals surface area contributed by atoms with Crippen LogP contribution in [-0.2, 0) is 0 Å². The number of thioether (sulfide) groups is 1. The molecular weight excluding hydrogens is 332 g/mol. The molecule has 0 radical (unpaired) electrons. The summed E-state index contributed by atoms with van der Waals surface area (Å²) in [4.78, 5) is 5.53. The molecule has 1 N–H and O–H groups in total. The normalized spacial score (nSPS) is 15.6. The van der Waals surface area contributed by atoms with Gasteiger partial charge in [0.1, 0.15) is 0 Å². The number of hydrogen-bond donors (Lipinski definition) is 1. The van der Waals surface area contributed by atoms with E-state index in [2.05, 4.69) is 79.1 Å². The second kappa shape index (κ2) is 6.32. The molecule has 1 aliphatic rings. The van der Waals surface area contributed by atoms with Crippen LogP contribution >= 0.6 is 21.8 Å². The minimum atomic E-state index is -1.20. The van der Waals surface area contributed by atoms with E-state index < -0.39 is 10.0 Å². The fraction of sp³-hybridized carbons (Fsp3) is 0.143. The quantitative estimate of drug-likeness (QED) is 0.611. The van der Waals surface area contributed by atoms with E-state index >= 15 is 0 Å². The third kappa shape index (κ3) is 2.39. The molecule has 0 unspecified atom stereocenters. The summed E-state index contributed by atoms with van der Waals surface area (Å²) in [6.07, 6.45) is 2.41. The molecule has 4 rings (SSSR count). The lowest BCUT2D eigenvalue weighted by atomic mass is 10.1. The highest BCUT2D eigenvalue weighted by atomic mass is 32.3. The molecule has 0 aromatic heterocycles. The van der Waals surface area contributed by atoms with Crippen molar-refractivity contribution in [2.75, 3.05) is 18.6 Å². The first-order valence-corrected chi connectivity index (χ1v) is 11.1. The zero-order valence-corrected chi connectivity index (χ0v) is 15.2. The first kappa shape index (κ1) is 15.8. The van der Waals surface area contributed by atoms with E-state index in [-0.39, 0.29) is 6.61 Å². The summed E-state index contributed by atoms with van der Waals surface area (Å²) in [5.41, 5.74) is 2.76. The molecule has 0 fully saturated rings. The fourth-order valence-corrected chi connectivity index (χ4v) is 7.45. The van der Waals surface area contributed by atoms with Crippen molar-refractivity contribution in [2.24, 2.45) is 0 Å². The zero-order chi connectivity index (χ0) is 16.6. The molecule has 0 saturated carbocycles. The Kier molecular flexibility index (Phi) is 4.17. The SMILES string of the molecule is CS1(c2ccc(SCCO)cc2)c2ccccc2-c2ccccc21. The summed E-state index contributed by atoms with van der Waals surface area (Å²) >= 11 is 1.70. The van der Waals surface area contributed by atoms with Gasteiger partial charge in [0.2, 0.25) is 0 Å². The summed E-state index contributed by atoms with van der Waals surface area (Å²) in [6.45, 7) is 0.218. The monoisotopic (exact) mass is 352 g/mol. The van der Waals surface area contributed by atoms with Crippen LogP contribution in [0.1, 0.15) is 0 Å². The second-order valence-corrected chi connectivity index (χ2v) is 10.3. The Morgan fingerprint density at radius 1 is 0.792 bits per heavy atom. The molecule has 1 aliphatic heterocycles. The van der Waals surface area contributed by atoms with Crippen molar-refractivity contribution in [2.45, 2.75) is 19.6 Å². The predicted molar refractivity (Wildman–Crippen MR) is 104 cm³/mol. The first-order chi connectivity index (χ1) is 11.7. The zero-order valence-electron chi connectivity index (χ0n) is 13.6. The number of fused-ring (bicyclic) bond motifs is 3. The molecule has 1 heterocycles. The van der Waals surface area contributed by atoms with Crippen LogP contribution in [0, 0.1) is 0 Å². The Morgan fingerprint density at radius 3 is 1.88 bits per heavy atom. The maximum Gasteiger partial charge on any atom is 0.0525 e. The van der Waals surface area contributed by atoms with Crippen molar-refractivity contribution >= 4 is 21.8 Å². The molecule has 24 heavy (non-hydrogen) atoms. The number of hydrogen-bond acceptors (Lipinski definition) is 2. The van der Waals surface area contributed by atoms with Crippen LogP contribution in [0.25, 0.3) is 11.1 Å². The lowest BCUT2D eigenvalue weighted by molar-refractivity contribution is 0.322.